The lowest BCUT2D eigenvalue weighted by atomic mass is 10.1. The van der Waals surface area contributed by atoms with Gasteiger partial charge in [0, 0.05) is 18.3 Å². The van der Waals surface area contributed by atoms with Crippen molar-refractivity contribution in [2.24, 2.45) is 5.73 Å². The largest absolute Gasteiger partial charge is 0.457 e. The number of nitrogens with two attached hydrogens (primary N) is 1. The van der Waals surface area contributed by atoms with Crippen molar-refractivity contribution < 1.29 is 14.3 Å². The lowest BCUT2D eigenvalue weighted by molar-refractivity contribution is 0.0995. The Balaban J connectivity index is 1.46. The zero-order valence-corrected chi connectivity index (χ0v) is 16.7. The van der Waals surface area contributed by atoms with Gasteiger partial charge in [-0.2, -0.15) is 0 Å². The van der Waals surface area contributed by atoms with Crippen molar-refractivity contribution in [1.82, 2.24) is 0 Å². The van der Waals surface area contributed by atoms with Gasteiger partial charge in [0.05, 0.1) is 23.1 Å². The van der Waals surface area contributed by atoms with Gasteiger partial charge in [-0.3, -0.25) is 9.59 Å². The van der Waals surface area contributed by atoms with Crippen molar-refractivity contribution >= 4 is 28.9 Å². The Morgan fingerprint density at radius 2 is 1.80 bits per heavy atom. The molecule has 1 aliphatic rings. The molecule has 1 aliphatic heterocycles. The van der Waals surface area contributed by atoms with Crippen molar-refractivity contribution in [2.45, 2.75) is 13.1 Å². The van der Waals surface area contributed by atoms with E-state index in [-0.39, 0.29) is 12.1 Å². The van der Waals surface area contributed by atoms with Crippen molar-refractivity contribution in [1.29, 1.82) is 0 Å². The smallest absolute Gasteiger partial charge is 0.255 e. The molecule has 7 nitrogen and oxygen atoms in total. The molecule has 0 aliphatic carbocycles. The maximum Gasteiger partial charge on any atom is 0.255 e. The summed E-state index contributed by atoms with van der Waals surface area (Å²) < 4.78 is 5.76. The third-order valence-corrected chi connectivity index (χ3v) is 5.08. The molecule has 1 heterocycles. The molecule has 0 saturated carbocycles. The second-order valence-corrected chi connectivity index (χ2v) is 7.10. The lowest BCUT2D eigenvalue weighted by Crippen LogP contribution is -2.28. The second kappa shape index (κ2) is 7.79. The Hall–Kier alpha value is -4.00. The Morgan fingerprint density at radius 1 is 1.07 bits per heavy atom. The zero-order valence-electron chi connectivity index (χ0n) is 16.7. The third-order valence-electron chi connectivity index (χ3n) is 5.08. The summed E-state index contributed by atoms with van der Waals surface area (Å²) in [6, 6.07) is 19.3. The minimum Gasteiger partial charge on any atom is -0.457 e. The number of nitrogens with zero attached hydrogens (tertiary/aromatic N) is 1. The van der Waals surface area contributed by atoms with Crippen LogP contribution < -0.4 is 26.0 Å². The summed E-state index contributed by atoms with van der Waals surface area (Å²) in [4.78, 5) is 26.3. The van der Waals surface area contributed by atoms with Gasteiger partial charge in [-0.25, -0.2) is 0 Å². The predicted octanol–water partition coefficient (Wildman–Crippen LogP) is 4.04. The molecule has 0 radical (unpaired) electrons. The number of ether oxygens (including phenoxy) is 1. The number of para-hydroxylation sites is 1. The molecule has 3 aromatic carbocycles. The summed E-state index contributed by atoms with van der Waals surface area (Å²) in [5.41, 5.74) is 8.90. The highest BCUT2D eigenvalue weighted by atomic mass is 16.5. The quantitative estimate of drug-likeness (QED) is 0.599. The van der Waals surface area contributed by atoms with Gasteiger partial charge in [-0.05, 0) is 61.5 Å². The fourth-order valence-corrected chi connectivity index (χ4v) is 3.31. The number of amides is 2. The highest BCUT2D eigenvalue weighted by Crippen LogP contribution is 2.34. The van der Waals surface area contributed by atoms with E-state index >= 15 is 0 Å². The number of anilines is 3. The Morgan fingerprint density at radius 3 is 2.53 bits per heavy atom. The molecule has 0 fully saturated rings. The minimum atomic E-state index is -0.556. The maximum atomic E-state index is 12.7. The molecule has 7 heteroatoms. The van der Waals surface area contributed by atoms with Gasteiger partial charge in [0.15, 0.2) is 0 Å². The van der Waals surface area contributed by atoms with Gasteiger partial charge in [0.2, 0.25) is 0 Å². The summed E-state index contributed by atoms with van der Waals surface area (Å²) >= 11 is 0. The first-order chi connectivity index (χ1) is 14.4. The highest BCUT2D eigenvalue weighted by molar-refractivity contribution is 6.05. The topological polar surface area (TPSA) is 96.7 Å². The van der Waals surface area contributed by atoms with Crippen LogP contribution in [0.25, 0.3) is 0 Å². The van der Waals surface area contributed by atoms with Gasteiger partial charge in [-0.15, -0.1) is 0 Å². The van der Waals surface area contributed by atoms with Crippen LogP contribution in [-0.2, 0) is 0 Å². The Bertz CT molecular complexity index is 1110. The van der Waals surface area contributed by atoms with Crippen LogP contribution in [0.4, 0.5) is 17.1 Å². The molecule has 0 saturated heterocycles. The van der Waals surface area contributed by atoms with Gasteiger partial charge < -0.3 is 26.0 Å². The summed E-state index contributed by atoms with van der Waals surface area (Å²) in [5.74, 6) is 0.158. The van der Waals surface area contributed by atoms with E-state index in [1.807, 2.05) is 19.2 Å². The highest BCUT2D eigenvalue weighted by Gasteiger charge is 2.23. The first-order valence-electron chi connectivity index (χ1n) is 9.54. The minimum absolute atomic E-state index is 0.186. The summed E-state index contributed by atoms with van der Waals surface area (Å²) in [6.45, 7) is 2.06. The molecular weight excluding hydrogens is 380 g/mol. The van der Waals surface area contributed by atoms with E-state index in [2.05, 4.69) is 22.5 Å². The van der Waals surface area contributed by atoms with Crippen LogP contribution in [0.5, 0.6) is 11.5 Å². The molecule has 0 aromatic heterocycles. The predicted molar refractivity (Wildman–Crippen MR) is 117 cm³/mol. The van der Waals surface area contributed by atoms with Crippen LogP contribution in [-0.4, -0.2) is 25.0 Å². The SMILES string of the molecule is CC1Nc2ccc(C(=O)Nc3ccc(Oc4ccccc4C(N)=O)cc3)cc2N1C. The van der Waals surface area contributed by atoms with Crippen molar-refractivity contribution in [3.8, 4) is 11.5 Å². The molecular formula is C23H22N4O3. The number of benzene rings is 3. The van der Waals surface area contributed by atoms with E-state index in [4.69, 9.17) is 10.5 Å². The molecule has 0 spiro atoms. The molecule has 4 N–H and O–H groups in total. The Kier molecular flexibility index (Phi) is 5.02. The number of primary amides is 1. The van der Waals surface area contributed by atoms with Crippen LogP contribution in [0, 0.1) is 0 Å². The number of nitrogens with one attached hydrogen (secondary N) is 2. The van der Waals surface area contributed by atoms with Crippen molar-refractivity contribution in [2.75, 3.05) is 22.6 Å². The first-order valence-corrected chi connectivity index (χ1v) is 9.54. The van der Waals surface area contributed by atoms with E-state index in [1.54, 1.807) is 54.6 Å². The average Bonchev–Trinajstić information content (AvgIpc) is 3.03. The van der Waals surface area contributed by atoms with Crippen LogP contribution in [0.3, 0.4) is 0 Å². The monoisotopic (exact) mass is 402 g/mol. The molecule has 3 aromatic rings. The van der Waals surface area contributed by atoms with Crippen molar-refractivity contribution in [3.63, 3.8) is 0 Å². The first kappa shape index (κ1) is 19.3. The second-order valence-electron chi connectivity index (χ2n) is 7.10. The van der Waals surface area contributed by atoms with E-state index in [1.165, 1.54) is 0 Å². The molecule has 1 atom stereocenters. The summed E-state index contributed by atoms with van der Waals surface area (Å²) in [7, 11) is 1.99. The molecule has 4 rings (SSSR count). The van der Waals surface area contributed by atoms with E-state index in [9.17, 15) is 9.59 Å². The third kappa shape index (κ3) is 3.77. The standard InChI is InChI=1S/C23H22N4O3/c1-14-25-19-12-7-15(13-20(19)27(14)2)23(29)26-16-8-10-17(11-9-16)30-21-6-4-3-5-18(21)22(24)28/h3-14,25H,1-2H3,(H2,24,28)(H,26,29). The number of hydrogen-bond acceptors (Lipinski definition) is 5. The Labute approximate surface area is 174 Å². The summed E-state index contributed by atoms with van der Waals surface area (Å²) in [5, 5.41) is 6.24. The number of fused-ring (bicyclic) bond motifs is 1. The fraction of sp³-hybridized carbons (Fsp3) is 0.130. The van der Waals surface area contributed by atoms with E-state index < -0.39 is 5.91 Å². The number of rotatable bonds is 5. The van der Waals surface area contributed by atoms with E-state index in [0.717, 1.165) is 11.4 Å². The molecule has 1 unspecified atom stereocenters. The van der Waals surface area contributed by atoms with Crippen molar-refractivity contribution in [3.05, 3.63) is 77.9 Å². The molecule has 152 valence electrons. The van der Waals surface area contributed by atoms with E-state index in [0.29, 0.717) is 28.3 Å². The maximum absolute atomic E-state index is 12.7. The van der Waals surface area contributed by atoms with Crippen LogP contribution in [0.15, 0.2) is 66.7 Å². The van der Waals surface area contributed by atoms with Gasteiger partial charge >= 0.3 is 0 Å². The van der Waals surface area contributed by atoms with Crippen LogP contribution in [0.2, 0.25) is 0 Å². The van der Waals surface area contributed by atoms with Gasteiger partial charge in [0.25, 0.3) is 11.8 Å². The van der Waals surface area contributed by atoms with Crippen LogP contribution >= 0.6 is 0 Å². The molecule has 0 bridgehead atoms. The van der Waals surface area contributed by atoms with Gasteiger partial charge in [0.1, 0.15) is 11.5 Å². The number of hydrogen-bond donors (Lipinski definition) is 3. The van der Waals surface area contributed by atoms with Gasteiger partial charge in [-0.1, -0.05) is 12.1 Å². The number of carbonyl (C=O) groups is 2. The lowest BCUT2D eigenvalue weighted by Gasteiger charge is -2.17. The molecule has 2 amide bonds. The fourth-order valence-electron chi connectivity index (χ4n) is 3.31. The van der Waals surface area contributed by atoms with Crippen LogP contribution in [0.1, 0.15) is 27.6 Å². The summed E-state index contributed by atoms with van der Waals surface area (Å²) in [6.07, 6.45) is 0.186. The number of carbonyl (C=O) groups excluding carboxylic acids is 2. The zero-order chi connectivity index (χ0) is 21.3. The molecule has 30 heavy (non-hydrogen) atoms. The average molecular weight is 402 g/mol. The normalized spacial score (nSPS) is 14.6.